The van der Waals surface area contributed by atoms with Crippen molar-refractivity contribution in [1.82, 2.24) is 40.6 Å². The number of hydrazine groups is 1. The zero-order valence-electron chi connectivity index (χ0n) is 38.2. The molecule has 2 heterocycles. The van der Waals surface area contributed by atoms with E-state index in [9.17, 15) is 68.2 Å². The van der Waals surface area contributed by atoms with Crippen LogP contribution in [0.5, 0.6) is 0 Å². The van der Waals surface area contributed by atoms with Crippen LogP contribution in [0.3, 0.4) is 0 Å². The first-order valence-corrected chi connectivity index (χ1v) is 21.9. The van der Waals surface area contributed by atoms with Gasteiger partial charge in [-0.05, 0) is 74.8 Å². The summed E-state index contributed by atoms with van der Waals surface area (Å²) in [6.45, 7) is -5.82. The molecular formula is C45H49F12N9O5. The number of alkyl halides is 10. The van der Waals surface area contributed by atoms with Gasteiger partial charge in [0.25, 0.3) is 0 Å². The SMILES string of the molecule is CC(C)([C@H](NC(=O)C1CC1)C(=O)N[C@@H](Cc1ccc(-c2cnn(C(F)F)c2)cc1)[C@@H](O)CN(Cc1c(F)cc(-c2cnn(C(F)F)c2)cc1F)NC(=O)[C@@H](C1(C(N)=O)CC1)C(C)(C)C(F)(F)F)C(F)(F)F. The maximum Gasteiger partial charge on any atom is 0.396 e. The lowest BCUT2D eigenvalue weighted by molar-refractivity contribution is -0.236. The molecule has 0 bridgehead atoms. The highest BCUT2D eigenvalue weighted by Crippen LogP contribution is 2.61. The second kappa shape index (κ2) is 20.1. The van der Waals surface area contributed by atoms with Gasteiger partial charge in [0, 0.05) is 48.1 Å². The first kappa shape index (κ1) is 54.2. The second-order valence-electron chi connectivity index (χ2n) is 18.9. The van der Waals surface area contributed by atoms with Crippen LogP contribution in [-0.2, 0) is 32.1 Å². The van der Waals surface area contributed by atoms with E-state index in [1.165, 1.54) is 24.3 Å². The van der Waals surface area contributed by atoms with Gasteiger partial charge in [0.15, 0.2) is 0 Å². The maximum absolute atomic E-state index is 16.0. The van der Waals surface area contributed by atoms with Crippen LogP contribution < -0.4 is 21.8 Å². The van der Waals surface area contributed by atoms with Crippen LogP contribution in [0, 0.1) is 39.7 Å². The summed E-state index contributed by atoms with van der Waals surface area (Å²) in [4.78, 5) is 54.1. The molecule has 0 radical (unpaired) electrons. The molecule has 2 aromatic heterocycles. The van der Waals surface area contributed by atoms with Crippen molar-refractivity contribution in [1.29, 1.82) is 0 Å². The minimum atomic E-state index is -5.18. The molecule has 4 atom stereocenters. The normalized spacial score (nSPS) is 17.0. The van der Waals surface area contributed by atoms with Crippen LogP contribution in [0.25, 0.3) is 22.3 Å². The fourth-order valence-corrected chi connectivity index (χ4v) is 8.25. The van der Waals surface area contributed by atoms with Gasteiger partial charge in [-0.15, -0.1) is 0 Å². The van der Waals surface area contributed by atoms with Gasteiger partial charge in [-0.1, -0.05) is 38.1 Å². The van der Waals surface area contributed by atoms with E-state index in [0.717, 1.165) is 24.8 Å². The molecule has 14 nitrogen and oxygen atoms in total. The topological polar surface area (TPSA) is 190 Å². The summed E-state index contributed by atoms with van der Waals surface area (Å²) in [6.07, 6.45) is -9.07. The molecule has 2 fully saturated rings. The average Bonchev–Trinajstić information content (AvgIpc) is 4.16. The van der Waals surface area contributed by atoms with Crippen LogP contribution in [-0.4, -0.2) is 90.4 Å². The fraction of sp³-hybridized carbons (Fsp3) is 0.511. The van der Waals surface area contributed by atoms with Gasteiger partial charge >= 0.3 is 25.5 Å². The van der Waals surface area contributed by atoms with Crippen molar-refractivity contribution < 1.29 is 77.0 Å². The highest BCUT2D eigenvalue weighted by atomic mass is 19.4. The maximum atomic E-state index is 16.0. The number of amides is 4. The third-order valence-electron chi connectivity index (χ3n) is 13.1. The van der Waals surface area contributed by atoms with Crippen LogP contribution in [0.4, 0.5) is 52.7 Å². The molecule has 26 heteroatoms. The molecule has 2 aliphatic carbocycles. The third-order valence-corrected chi connectivity index (χ3v) is 13.1. The first-order chi connectivity index (χ1) is 32.9. The monoisotopic (exact) mass is 1020 g/mol. The molecule has 2 saturated carbocycles. The van der Waals surface area contributed by atoms with Gasteiger partial charge in [-0.2, -0.15) is 54.1 Å². The smallest absolute Gasteiger partial charge is 0.390 e. The Morgan fingerprint density at radius 2 is 1.28 bits per heavy atom. The van der Waals surface area contributed by atoms with Crippen molar-refractivity contribution in [3.63, 3.8) is 0 Å². The van der Waals surface area contributed by atoms with E-state index >= 15 is 8.78 Å². The first-order valence-electron chi connectivity index (χ1n) is 21.9. The minimum Gasteiger partial charge on any atom is -0.390 e. The van der Waals surface area contributed by atoms with Gasteiger partial charge in [0.2, 0.25) is 23.6 Å². The van der Waals surface area contributed by atoms with Crippen LogP contribution in [0.15, 0.2) is 61.2 Å². The number of primary amides is 1. The molecule has 71 heavy (non-hydrogen) atoms. The summed E-state index contributed by atoms with van der Waals surface area (Å²) >= 11 is 0. The fourth-order valence-electron chi connectivity index (χ4n) is 8.25. The van der Waals surface area contributed by atoms with Crippen LogP contribution in [0.1, 0.15) is 77.6 Å². The van der Waals surface area contributed by atoms with E-state index in [2.05, 4.69) is 26.3 Å². The number of hydrogen-bond donors (Lipinski definition) is 5. The molecule has 6 rings (SSSR count). The minimum absolute atomic E-state index is 0.177. The Kier molecular flexibility index (Phi) is 15.4. The third kappa shape index (κ3) is 11.8. The number of nitrogens with zero attached hydrogens (tertiary/aromatic N) is 5. The number of aromatic nitrogens is 4. The van der Waals surface area contributed by atoms with Gasteiger partial charge in [-0.3, -0.25) is 24.6 Å². The largest absolute Gasteiger partial charge is 0.396 e. The van der Waals surface area contributed by atoms with Crippen molar-refractivity contribution in [3.05, 3.63) is 83.9 Å². The Bertz CT molecular complexity index is 2570. The van der Waals surface area contributed by atoms with Crippen molar-refractivity contribution in [2.45, 2.75) is 110 Å². The standard InChI is InChI=1S/C45H49F12N9O5/c1-41(2,44(52,53)54)33(43(11-12-43)38(58)71)36(69)63-64(20-28-29(46)14-25(15-30(28)47)27-17-60-66(19-27)40(50)51)21-32(67)31(13-22-5-7-23(8-6-22)26-16-59-65(18-26)39(48)49)61-37(70)34(42(3,4)45(55,56)57)62-35(68)24-9-10-24/h5-8,14-19,24,31-34,39-40,67H,9-13,20-21H2,1-4H3,(H2,58,71)(H,61,70)(H,62,68)(H,63,69)/t31-,32-,33+,34+/m0/s1. The van der Waals surface area contributed by atoms with Crippen LogP contribution in [0.2, 0.25) is 0 Å². The Morgan fingerprint density at radius 1 is 0.775 bits per heavy atom. The molecule has 0 unspecified atom stereocenters. The lowest BCUT2D eigenvalue weighted by atomic mass is 9.68. The number of benzene rings is 2. The predicted octanol–water partition coefficient (Wildman–Crippen LogP) is 7.36. The molecule has 4 amide bonds. The zero-order valence-corrected chi connectivity index (χ0v) is 38.2. The van der Waals surface area contributed by atoms with Gasteiger partial charge in [0.1, 0.15) is 17.7 Å². The van der Waals surface area contributed by atoms with E-state index in [1.54, 1.807) is 0 Å². The molecular weight excluding hydrogens is 975 g/mol. The van der Waals surface area contributed by atoms with Gasteiger partial charge < -0.3 is 21.5 Å². The average molecular weight is 1020 g/mol. The Morgan fingerprint density at radius 3 is 1.72 bits per heavy atom. The molecule has 4 aromatic rings. The number of halogens is 12. The van der Waals surface area contributed by atoms with Crippen molar-refractivity contribution in [2.75, 3.05) is 6.54 Å². The number of aliphatic hydroxyl groups is 1. The quantitative estimate of drug-likeness (QED) is 0.0423. The summed E-state index contributed by atoms with van der Waals surface area (Å²) in [5, 5.41) is 24.0. The molecule has 0 saturated heterocycles. The summed E-state index contributed by atoms with van der Waals surface area (Å²) in [5.74, 6) is -11.0. The molecule has 2 aliphatic rings. The van der Waals surface area contributed by atoms with E-state index < -0.39 is 132 Å². The van der Waals surface area contributed by atoms with E-state index in [0.29, 0.717) is 67.9 Å². The summed E-state index contributed by atoms with van der Waals surface area (Å²) in [7, 11) is 0. The molecule has 388 valence electrons. The number of carbonyl (C=O) groups is 4. The van der Waals surface area contributed by atoms with Crippen molar-refractivity contribution in [3.8, 4) is 22.3 Å². The van der Waals surface area contributed by atoms with Gasteiger partial charge in [-0.25, -0.2) is 23.2 Å². The number of rotatable bonds is 21. The van der Waals surface area contributed by atoms with Crippen molar-refractivity contribution in [2.24, 2.45) is 33.8 Å². The lowest BCUT2D eigenvalue weighted by Gasteiger charge is -2.40. The van der Waals surface area contributed by atoms with Crippen molar-refractivity contribution >= 4 is 23.6 Å². The molecule has 2 aromatic carbocycles. The van der Waals surface area contributed by atoms with E-state index in [4.69, 9.17) is 5.73 Å². The number of aliphatic hydroxyl groups excluding tert-OH is 1. The molecule has 6 N–H and O–H groups in total. The highest BCUT2D eigenvalue weighted by molar-refractivity contribution is 5.92. The van der Waals surface area contributed by atoms with Gasteiger partial charge in [0.05, 0.1) is 46.7 Å². The Balaban J connectivity index is 1.40. The number of nitrogens with one attached hydrogen (secondary N) is 3. The van der Waals surface area contributed by atoms with Crippen LogP contribution >= 0.6 is 0 Å². The summed E-state index contributed by atoms with van der Waals surface area (Å²) < 4.78 is 174. The highest BCUT2D eigenvalue weighted by Gasteiger charge is 2.68. The molecule has 0 spiro atoms. The summed E-state index contributed by atoms with van der Waals surface area (Å²) in [6, 6.07) is 2.84. The Labute approximate surface area is 397 Å². The summed E-state index contributed by atoms with van der Waals surface area (Å²) in [5.41, 5.74) is -1.01. The van der Waals surface area contributed by atoms with E-state index in [-0.39, 0.29) is 39.8 Å². The predicted molar refractivity (Wildman–Crippen MR) is 227 cm³/mol. The number of hydrogen-bond acceptors (Lipinski definition) is 8. The lowest BCUT2D eigenvalue weighted by Crippen LogP contribution is -2.63. The zero-order chi connectivity index (χ0) is 52.8. The second-order valence-corrected chi connectivity index (χ2v) is 18.9. The number of nitrogens with two attached hydrogens (primary N) is 1. The Hall–Kier alpha value is -6.18. The number of carbonyl (C=O) groups excluding carboxylic acids is 4. The van der Waals surface area contributed by atoms with E-state index in [1.807, 2.05) is 0 Å². The molecule has 0 aliphatic heterocycles.